The minimum Gasteiger partial charge on any atom is -0.468 e. The molecule has 1 aliphatic rings. The van der Waals surface area contributed by atoms with E-state index in [4.69, 9.17) is 4.42 Å². The normalized spacial score (nSPS) is 27.8. The van der Waals surface area contributed by atoms with Crippen LogP contribution in [0.4, 0.5) is 0 Å². The SMILES string of the molecule is CCNC1CCC(C(C)(C)C)CC1Sc1ccoc1C. The van der Waals surface area contributed by atoms with Crippen LogP contribution in [0.2, 0.25) is 0 Å². The standard InChI is InChI=1S/C17H29NOS/c1-6-18-14-8-7-13(17(3,4)5)11-16(14)20-15-9-10-19-12(15)2/h9-10,13-14,16,18H,6-8,11H2,1-5H3. The van der Waals surface area contributed by atoms with Crippen LogP contribution in [0.3, 0.4) is 0 Å². The molecule has 2 nitrogen and oxygen atoms in total. The van der Waals surface area contributed by atoms with E-state index in [1.54, 1.807) is 0 Å². The molecular formula is C17H29NOS. The number of aryl methyl sites for hydroxylation is 1. The maximum absolute atomic E-state index is 5.45. The topological polar surface area (TPSA) is 25.2 Å². The highest BCUT2D eigenvalue weighted by Gasteiger charge is 2.36. The molecule has 1 heterocycles. The lowest BCUT2D eigenvalue weighted by Gasteiger charge is -2.41. The summed E-state index contributed by atoms with van der Waals surface area (Å²) in [4.78, 5) is 1.31. The number of hydrogen-bond acceptors (Lipinski definition) is 3. The number of furan rings is 1. The first-order valence-electron chi connectivity index (χ1n) is 7.86. The molecule has 1 aromatic rings. The lowest BCUT2D eigenvalue weighted by molar-refractivity contribution is 0.165. The molecule has 20 heavy (non-hydrogen) atoms. The first-order chi connectivity index (χ1) is 9.41. The van der Waals surface area contributed by atoms with Gasteiger partial charge in [-0.15, -0.1) is 11.8 Å². The van der Waals surface area contributed by atoms with Crippen LogP contribution in [0.5, 0.6) is 0 Å². The van der Waals surface area contributed by atoms with Crippen molar-refractivity contribution >= 4 is 11.8 Å². The van der Waals surface area contributed by atoms with Crippen molar-refractivity contribution in [3.05, 3.63) is 18.1 Å². The van der Waals surface area contributed by atoms with Crippen LogP contribution in [0.15, 0.2) is 21.6 Å². The zero-order valence-electron chi connectivity index (χ0n) is 13.5. The van der Waals surface area contributed by atoms with Crippen molar-refractivity contribution in [2.75, 3.05) is 6.54 Å². The third kappa shape index (κ3) is 3.82. The van der Waals surface area contributed by atoms with Gasteiger partial charge in [-0.25, -0.2) is 0 Å². The summed E-state index contributed by atoms with van der Waals surface area (Å²) in [5, 5.41) is 4.34. The zero-order chi connectivity index (χ0) is 14.8. The van der Waals surface area contributed by atoms with Gasteiger partial charge in [0.1, 0.15) is 5.76 Å². The van der Waals surface area contributed by atoms with Gasteiger partial charge in [0.25, 0.3) is 0 Å². The Bertz CT molecular complexity index is 421. The first-order valence-corrected chi connectivity index (χ1v) is 8.74. The van der Waals surface area contributed by atoms with Crippen molar-refractivity contribution in [1.82, 2.24) is 5.32 Å². The van der Waals surface area contributed by atoms with E-state index in [2.05, 4.69) is 46.0 Å². The molecular weight excluding hydrogens is 266 g/mol. The fourth-order valence-electron chi connectivity index (χ4n) is 3.20. The molecule has 0 aromatic carbocycles. The van der Waals surface area contributed by atoms with E-state index in [0.717, 1.165) is 18.2 Å². The lowest BCUT2D eigenvalue weighted by Crippen LogP contribution is -2.44. The van der Waals surface area contributed by atoms with Crippen LogP contribution < -0.4 is 5.32 Å². The molecule has 1 saturated carbocycles. The van der Waals surface area contributed by atoms with Gasteiger partial charge in [-0.1, -0.05) is 27.7 Å². The molecule has 1 fully saturated rings. The summed E-state index contributed by atoms with van der Waals surface area (Å²) in [6.07, 6.45) is 5.76. The molecule has 0 aliphatic heterocycles. The van der Waals surface area contributed by atoms with Gasteiger partial charge in [-0.3, -0.25) is 0 Å². The van der Waals surface area contributed by atoms with Crippen LogP contribution in [0.1, 0.15) is 52.7 Å². The molecule has 1 aliphatic carbocycles. The van der Waals surface area contributed by atoms with E-state index in [1.165, 1.54) is 24.2 Å². The molecule has 114 valence electrons. The minimum absolute atomic E-state index is 0.418. The summed E-state index contributed by atoms with van der Waals surface area (Å²) in [6.45, 7) is 12.5. The molecule has 3 unspecified atom stereocenters. The second kappa shape index (κ2) is 6.57. The van der Waals surface area contributed by atoms with Gasteiger partial charge in [-0.2, -0.15) is 0 Å². The quantitative estimate of drug-likeness (QED) is 0.857. The molecule has 0 saturated heterocycles. The fourth-order valence-corrected chi connectivity index (χ4v) is 4.60. The highest BCUT2D eigenvalue weighted by Crippen LogP contribution is 2.44. The third-order valence-electron chi connectivity index (χ3n) is 4.57. The Morgan fingerprint density at radius 2 is 2.10 bits per heavy atom. The maximum atomic E-state index is 5.45. The monoisotopic (exact) mass is 295 g/mol. The molecule has 0 bridgehead atoms. The number of thioether (sulfide) groups is 1. The van der Waals surface area contributed by atoms with Gasteiger partial charge in [0.2, 0.25) is 0 Å². The van der Waals surface area contributed by atoms with Gasteiger partial charge >= 0.3 is 0 Å². The third-order valence-corrected chi connectivity index (χ3v) is 6.07. The summed E-state index contributed by atoms with van der Waals surface area (Å²) in [7, 11) is 0. The van der Waals surface area contributed by atoms with Gasteiger partial charge in [0, 0.05) is 16.2 Å². The van der Waals surface area contributed by atoms with E-state index in [-0.39, 0.29) is 0 Å². The summed E-state index contributed by atoms with van der Waals surface area (Å²) < 4.78 is 5.45. The van der Waals surface area contributed by atoms with Crippen molar-refractivity contribution in [2.45, 2.75) is 70.1 Å². The largest absolute Gasteiger partial charge is 0.468 e. The number of hydrogen-bond donors (Lipinski definition) is 1. The smallest absolute Gasteiger partial charge is 0.114 e. The predicted octanol–water partition coefficient (Wildman–Crippen LogP) is 4.87. The maximum Gasteiger partial charge on any atom is 0.114 e. The van der Waals surface area contributed by atoms with Gasteiger partial charge < -0.3 is 9.73 Å². The molecule has 3 atom stereocenters. The summed E-state index contributed by atoms with van der Waals surface area (Å²) >= 11 is 2.01. The molecule has 0 spiro atoms. The minimum atomic E-state index is 0.418. The highest BCUT2D eigenvalue weighted by atomic mass is 32.2. The average molecular weight is 295 g/mol. The number of rotatable bonds is 4. The van der Waals surface area contributed by atoms with Gasteiger partial charge in [0.05, 0.1) is 6.26 Å². The van der Waals surface area contributed by atoms with Crippen molar-refractivity contribution in [3.63, 3.8) is 0 Å². The van der Waals surface area contributed by atoms with E-state index < -0.39 is 0 Å². The van der Waals surface area contributed by atoms with E-state index >= 15 is 0 Å². The fraction of sp³-hybridized carbons (Fsp3) is 0.765. The summed E-state index contributed by atoms with van der Waals surface area (Å²) in [6, 6.07) is 2.75. The molecule has 1 N–H and O–H groups in total. The Hall–Kier alpha value is -0.410. The van der Waals surface area contributed by atoms with Gasteiger partial charge in [-0.05, 0) is 50.1 Å². The summed E-state index contributed by atoms with van der Waals surface area (Å²) in [5.41, 5.74) is 0.418. The second-order valence-corrected chi connectivity index (χ2v) is 8.32. The Morgan fingerprint density at radius 1 is 1.35 bits per heavy atom. The summed E-state index contributed by atoms with van der Waals surface area (Å²) in [5.74, 6) is 1.88. The van der Waals surface area contributed by atoms with Crippen LogP contribution in [-0.2, 0) is 0 Å². The molecule has 3 heteroatoms. The van der Waals surface area contributed by atoms with Gasteiger partial charge in [0.15, 0.2) is 0 Å². The Morgan fingerprint density at radius 3 is 2.65 bits per heavy atom. The predicted molar refractivity (Wildman–Crippen MR) is 87.4 cm³/mol. The van der Waals surface area contributed by atoms with E-state index in [0.29, 0.717) is 16.7 Å². The average Bonchev–Trinajstić information content (AvgIpc) is 2.76. The Balaban J connectivity index is 2.08. The first kappa shape index (κ1) is 16.0. The van der Waals surface area contributed by atoms with E-state index in [9.17, 15) is 0 Å². The number of nitrogens with one attached hydrogen (secondary N) is 1. The molecule has 2 rings (SSSR count). The lowest BCUT2D eigenvalue weighted by atomic mass is 9.71. The van der Waals surface area contributed by atoms with Crippen LogP contribution in [-0.4, -0.2) is 17.8 Å². The van der Waals surface area contributed by atoms with Crippen LogP contribution in [0.25, 0.3) is 0 Å². The molecule has 0 amide bonds. The Kier molecular flexibility index (Phi) is 5.25. The van der Waals surface area contributed by atoms with Crippen molar-refractivity contribution < 1.29 is 4.42 Å². The highest BCUT2D eigenvalue weighted by molar-refractivity contribution is 8.00. The van der Waals surface area contributed by atoms with Crippen LogP contribution >= 0.6 is 11.8 Å². The van der Waals surface area contributed by atoms with Crippen molar-refractivity contribution in [2.24, 2.45) is 11.3 Å². The van der Waals surface area contributed by atoms with Crippen molar-refractivity contribution in [3.8, 4) is 0 Å². The Labute approximate surface area is 128 Å². The van der Waals surface area contributed by atoms with E-state index in [1.807, 2.05) is 18.0 Å². The van der Waals surface area contributed by atoms with Crippen molar-refractivity contribution in [1.29, 1.82) is 0 Å². The molecule has 0 radical (unpaired) electrons. The second-order valence-electron chi connectivity index (χ2n) is 7.04. The molecule has 1 aromatic heterocycles. The zero-order valence-corrected chi connectivity index (χ0v) is 14.3. The van der Waals surface area contributed by atoms with Crippen LogP contribution in [0, 0.1) is 18.3 Å².